The molecular weight excluding hydrogens is 280 g/mol. The number of nitro benzene ring substituents is 1. The lowest BCUT2D eigenvalue weighted by atomic mass is 10.1. The third-order valence-electron chi connectivity index (χ3n) is 3.19. The van der Waals surface area contributed by atoms with Crippen LogP contribution in [0.5, 0.6) is 0 Å². The lowest BCUT2D eigenvalue weighted by Crippen LogP contribution is -2.09. The van der Waals surface area contributed by atoms with Gasteiger partial charge >= 0.3 is 0 Å². The Morgan fingerprint density at radius 2 is 1.91 bits per heavy atom. The van der Waals surface area contributed by atoms with Crippen molar-refractivity contribution in [3.63, 3.8) is 0 Å². The summed E-state index contributed by atoms with van der Waals surface area (Å²) in [7, 11) is 0. The van der Waals surface area contributed by atoms with Crippen molar-refractivity contribution in [1.82, 2.24) is 0 Å². The smallest absolute Gasteiger partial charge is 0.276 e. The van der Waals surface area contributed by atoms with Gasteiger partial charge in [0.1, 0.15) is 0 Å². The number of aryl methyl sites for hydroxylation is 2. The van der Waals surface area contributed by atoms with Gasteiger partial charge in [0.2, 0.25) is 5.91 Å². The average molecular weight is 296 g/mol. The summed E-state index contributed by atoms with van der Waals surface area (Å²) < 4.78 is 0. The van der Waals surface area contributed by atoms with Crippen molar-refractivity contribution in [3.05, 3.63) is 75.3 Å². The molecule has 2 aromatic carbocycles. The number of para-hydroxylation sites is 1. The highest BCUT2D eigenvalue weighted by Gasteiger charge is 2.10. The second-order valence-electron chi connectivity index (χ2n) is 4.96. The van der Waals surface area contributed by atoms with Crippen LogP contribution in [0.2, 0.25) is 0 Å². The molecule has 5 nitrogen and oxygen atoms in total. The molecule has 0 unspecified atom stereocenters. The minimum absolute atomic E-state index is 0.0296. The van der Waals surface area contributed by atoms with Gasteiger partial charge in [-0.1, -0.05) is 29.8 Å². The fourth-order valence-electron chi connectivity index (χ4n) is 2.09. The van der Waals surface area contributed by atoms with E-state index in [1.165, 1.54) is 18.2 Å². The van der Waals surface area contributed by atoms with Crippen molar-refractivity contribution >= 4 is 23.4 Å². The van der Waals surface area contributed by atoms with Crippen LogP contribution in [0.4, 0.5) is 11.4 Å². The number of carbonyl (C=O) groups excluding carboxylic acids is 1. The highest BCUT2D eigenvalue weighted by atomic mass is 16.6. The van der Waals surface area contributed by atoms with Crippen molar-refractivity contribution in [2.75, 3.05) is 5.32 Å². The van der Waals surface area contributed by atoms with Crippen molar-refractivity contribution in [1.29, 1.82) is 0 Å². The van der Waals surface area contributed by atoms with Crippen LogP contribution in [0.15, 0.2) is 48.5 Å². The molecule has 0 fully saturated rings. The van der Waals surface area contributed by atoms with E-state index in [0.29, 0.717) is 5.56 Å². The van der Waals surface area contributed by atoms with Crippen LogP contribution in [0.3, 0.4) is 0 Å². The highest BCUT2D eigenvalue weighted by Crippen LogP contribution is 2.19. The van der Waals surface area contributed by atoms with E-state index in [1.807, 2.05) is 32.0 Å². The van der Waals surface area contributed by atoms with Gasteiger partial charge in [0.15, 0.2) is 0 Å². The number of nitrogens with one attached hydrogen (secondary N) is 1. The predicted octanol–water partition coefficient (Wildman–Crippen LogP) is 3.86. The Morgan fingerprint density at radius 3 is 2.59 bits per heavy atom. The summed E-state index contributed by atoms with van der Waals surface area (Å²) in [5, 5.41) is 13.7. The number of nitro groups is 1. The number of hydrogen-bond acceptors (Lipinski definition) is 3. The van der Waals surface area contributed by atoms with Gasteiger partial charge in [-0.3, -0.25) is 14.9 Å². The number of nitrogens with zero attached hydrogens (tertiary/aromatic N) is 1. The van der Waals surface area contributed by atoms with Gasteiger partial charge in [0.25, 0.3) is 5.69 Å². The van der Waals surface area contributed by atoms with Crippen LogP contribution in [-0.4, -0.2) is 10.8 Å². The number of benzene rings is 2. The molecular formula is C17H16N2O3. The molecule has 0 saturated heterocycles. The minimum atomic E-state index is -0.471. The lowest BCUT2D eigenvalue weighted by molar-refractivity contribution is -0.385. The standard InChI is InChI=1S/C17H16N2O3/c1-12-7-9-15(13(2)11-12)18-17(20)10-8-14-5-3-4-6-16(14)19(21)22/h3-11H,1-2H3,(H,18,20)/b10-8+. The average Bonchev–Trinajstić information content (AvgIpc) is 2.48. The Morgan fingerprint density at radius 1 is 1.18 bits per heavy atom. The van der Waals surface area contributed by atoms with Gasteiger partial charge in [-0.2, -0.15) is 0 Å². The first-order valence-electron chi connectivity index (χ1n) is 6.77. The van der Waals surface area contributed by atoms with Crippen LogP contribution < -0.4 is 5.32 Å². The quantitative estimate of drug-likeness (QED) is 0.529. The Balaban J connectivity index is 2.14. The molecule has 1 amide bonds. The maximum Gasteiger partial charge on any atom is 0.276 e. The first-order chi connectivity index (χ1) is 10.5. The zero-order valence-electron chi connectivity index (χ0n) is 12.4. The van der Waals surface area contributed by atoms with Crippen molar-refractivity contribution in [2.24, 2.45) is 0 Å². The Kier molecular flexibility index (Phi) is 4.68. The van der Waals surface area contributed by atoms with E-state index >= 15 is 0 Å². The Hall–Kier alpha value is -2.95. The minimum Gasteiger partial charge on any atom is -0.322 e. The van der Waals surface area contributed by atoms with E-state index in [-0.39, 0.29) is 11.6 Å². The zero-order chi connectivity index (χ0) is 16.1. The van der Waals surface area contributed by atoms with E-state index in [9.17, 15) is 14.9 Å². The van der Waals surface area contributed by atoms with Crippen LogP contribution in [0, 0.1) is 24.0 Å². The van der Waals surface area contributed by atoms with E-state index in [2.05, 4.69) is 5.32 Å². The van der Waals surface area contributed by atoms with Crippen molar-refractivity contribution < 1.29 is 9.72 Å². The van der Waals surface area contributed by atoms with E-state index in [1.54, 1.807) is 18.2 Å². The van der Waals surface area contributed by atoms with Gasteiger partial charge < -0.3 is 5.32 Å². The summed E-state index contributed by atoms with van der Waals surface area (Å²) >= 11 is 0. The largest absolute Gasteiger partial charge is 0.322 e. The molecule has 0 aliphatic rings. The second kappa shape index (κ2) is 6.67. The summed E-state index contributed by atoms with van der Waals surface area (Å²) in [4.78, 5) is 22.4. The second-order valence-corrected chi connectivity index (χ2v) is 4.96. The molecule has 22 heavy (non-hydrogen) atoms. The molecule has 0 spiro atoms. The maximum atomic E-state index is 11.9. The number of carbonyl (C=O) groups is 1. The zero-order valence-corrected chi connectivity index (χ0v) is 12.4. The Labute approximate surface area is 128 Å². The summed E-state index contributed by atoms with van der Waals surface area (Å²) in [6.45, 7) is 3.89. The molecule has 0 aliphatic heterocycles. The van der Waals surface area contributed by atoms with Crippen LogP contribution >= 0.6 is 0 Å². The monoisotopic (exact) mass is 296 g/mol. The van der Waals surface area contributed by atoms with Gasteiger partial charge in [0, 0.05) is 17.8 Å². The molecule has 2 aromatic rings. The van der Waals surface area contributed by atoms with Crippen LogP contribution in [0.25, 0.3) is 6.08 Å². The number of rotatable bonds is 4. The fraction of sp³-hybridized carbons (Fsp3) is 0.118. The molecule has 0 aromatic heterocycles. The highest BCUT2D eigenvalue weighted by molar-refractivity contribution is 6.02. The molecule has 0 heterocycles. The van der Waals surface area contributed by atoms with Gasteiger partial charge in [0.05, 0.1) is 10.5 Å². The Bertz CT molecular complexity index is 751. The summed E-state index contributed by atoms with van der Waals surface area (Å²) in [6.07, 6.45) is 2.73. The predicted molar refractivity (Wildman–Crippen MR) is 86.7 cm³/mol. The van der Waals surface area contributed by atoms with Crippen molar-refractivity contribution in [3.8, 4) is 0 Å². The van der Waals surface area contributed by atoms with Gasteiger partial charge in [-0.25, -0.2) is 0 Å². The van der Waals surface area contributed by atoms with Gasteiger partial charge in [-0.05, 0) is 37.6 Å². The van der Waals surface area contributed by atoms with E-state index in [4.69, 9.17) is 0 Å². The van der Waals surface area contributed by atoms with Crippen LogP contribution in [-0.2, 0) is 4.79 Å². The third-order valence-corrected chi connectivity index (χ3v) is 3.19. The molecule has 0 bridgehead atoms. The molecule has 0 aliphatic carbocycles. The van der Waals surface area contributed by atoms with Crippen molar-refractivity contribution in [2.45, 2.75) is 13.8 Å². The number of amides is 1. The summed E-state index contributed by atoms with van der Waals surface area (Å²) in [6, 6.07) is 12.0. The first-order valence-corrected chi connectivity index (χ1v) is 6.77. The number of anilines is 1. The SMILES string of the molecule is Cc1ccc(NC(=O)/C=C/c2ccccc2[N+](=O)[O-])c(C)c1. The lowest BCUT2D eigenvalue weighted by Gasteiger charge is -2.07. The molecule has 0 saturated carbocycles. The normalized spacial score (nSPS) is 10.6. The molecule has 112 valence electrons. The van der Waals surface area contributed by atoms with E-state index in [0.717, 1.165) is 16.8 Å². The first kappa shape index (κ1) is 15.4. The fourth-order valence-corrected chi connectivity index (χ4v) is 2.09. The molecule has 0 radical (unpaired) electrons. The topological polar surface area (TPSA) is 72.2 Å². The maximum absolute atomic E-state index is 11.9. The molecule has 1 N–H and O–H groups in total. The summed E-state index contributed by atoms with van der Waals surface area (Å²) in [5.74, 6) is -0.329. The van der Waals surface area contributed by atoms with Gasteiger partial charge in [-0.15, -0.1) is 0 Å². The third kappa shape index (κ3) is 3.79. The molecule has 0 atom stereocenters. The van der Waals surface area contributed by atoms with E-state index < -0.39 is 4.92 Å². The molecule has 2 rings (SSSR count). The molecule has 5 heteroatoms. The number of hydrogen-bond donors (Lipinski definition) is 1. The van der Waals surface area contributed by atoms with Crippen LogP contribution in [0.1, 0.15) is 16.7 Å². The summed E-state index contributed by atoms with van der Waals surface area (Å²) in [5.41, 5.74) is 3.17.